The fourth-order valence-corrected chi connectivity index (χ4v) is 2.36. The molecule has 1 amide bonds. The highest BCUT2D eigenvalue weighted by molar-refractivity contribution is 5.95. The number of hydrogen-bond donors (Lipinski definition) is 1. The molecule has 2 rings (SSSR count). The van der Waals surface area contributed by atoms with Gasteiger partial charge in [0.05, 0.1) is 14.2 Å². The number of rotatable bonds is 8. The van der Waals surface area contributed by atoms with Crippen molar-refractivity contribution in [1.29, 1.82) is 0 Å². The van der Waals surface area contributed by atoms with Crippen LogP contribution in [0.4, 0.5) is 5.69 Å². The van der Waals surface area contributed by atoms with Crippen molar-refractivity contribution in [2.24, 2.45) is 0 Å². The van der Waals surface area contributed by atoms with Gasteiger partial charge in [-0.15, -0.1) is 0 Å². The molecule has 2 aromatic carbocycles. The molecule has 0 bridgehead atoms. The van der Waals surface area contributed by atoms with Gasteiger partial charge in [0.25, 0.3) is 5.91 Å². The van der Waals surface area contributed by atoms with Gasteiger partial charge >= 0.3 is 5.97 Å². The number of amides is 1. The molecule has 2 aromatic rings. The molecule has 6 nitrogen and oxygen atoms in total. The first-order valence-electron chi connectivity index (χ1n) is 8.29. The summed E-state index contributed by atoms with van der Waals surface area (Å²) in [6.45, 7) is 1.55. The first kappa shape index (κ1) is 19.3. The number of carbonyl (C=O) groups excluding carboxylic acids is 2. The summed E-state index contributed by atoms with van der Waals surface area (Å²) in [7, 11) is 3.12. The second-order valence-corrected chi connectivity index (χ2v) is 5.68. The number of methoxy groups -OCH3 is 2. The van der Waals surface area contributed by atoms with E-state index in [1.165, 1.54) is 0 Å². The van der Waals surface area contributed by atoms with Crippen molar-refractivity contribution in [3.8, 4) is 11.5 Å². The molecule has 0 aromatic heterocycles. The van der Waals surface area contributed by atoms with E-state index in [0.717, 1.165) is 5.56 Å². The van der Waals surface area contributed by atoms with Crippen molar-refractivity contribution in [3.63, 3.8) is 0 Å². The van der Waals surface area contributed by atoms with Crippen molar-refractivity contribution >= 4 is 17.6 Å². The second kappa shape index (κ2) is 9.46. The fourth-order valence-electron chi connectivity index (χ4n) is 2.36. The third kappa shape index (κ3) is 5.51. The summed E-state index contributed by atoms with van der Waals surface area (Å²) in [6.07, 6.45) is -0.224. The minimum Gasteiger partial charge on any atom is -0.493 e. The lowest BCUT2D eigenvalue weighted by Crippen LogP contribution is -2.30. The average Bonchev–Trinajstić information content (AvgIpc) is 2.66. The molecule has 0 heterocycles. The first-order chi connectivity index (χ1) is 12.5. The van der Waals surface area contributed by atoms with Crippen LogP contribution in [0.2, 0.25) is 0 Å². The third-order valence-corrected chi connectivity index (χ3v) is 3.78. The van der Waals surface area contributed by atoms with E-state index in [4.69, 9.17) is 14.2 Å². The van der Waals surface area contributed by atoms with E-state index >= 15 is 0 Å². The maximum absolute atomic E-state index is 12.1. The summed E-state index contributed by atoms with van der Waals surface area (Å²) in [6, 6.07) is 14.5. The number of anilines is 1. The quantitative estimate of drug-likeness (QED) is 0.735. The highest BCUT2D eigenvalue weighted by Gasteiger charge is 2.18. The lowest BCUT2D eigenvalue weighted by molar-refractivity contribution is -0.153. The summed E-state index contributed by atoms with van der Waals surface area (Å²) in [5.74, 6) is 0.435. The molecule has 0 fully saturated rings. The Hall–Kier alpha value is -3.02. The molecule has 0 radical (unpaired) electrons. The number of ether oxygens (including phenoxy) is 3. The smallest absolute Gasteiger partial charge is 0.306 e. The number of aryl methyl sites for hydroxylation is 1. The average molecular weight is 357 g/mol. The first-order valence-corrected chi connectivity index (χ1v) is 8.29. The van der Waals surface area contributed by atoms with Crippen LogP contribution in [0.15, 0.2) is 48.5 Å². The van der Waals surface area contributed by atoms with Crippen LogP contribution in [0.3, 0.4) is 0 Å². The van der Waals surface area contributed by atoms with Gasteiger partial charge < -0.3 is 19.5 Å². The summed E-state index contributed by atoms with van der Waals surface area (Å²) in [4.78, 5) is 24.1. The lowest BCUT2D eigenvalue weighted by Gasteiger charge is -2.14. The maximum atomic E-state index is 12.1. The number of benzene rings is 2. The number of carbonyl (C=O) groups is 2. The number of hydrogen-bond acceptors (Lipinski definition) is 5. The molecule has 138 valence electrons. The second-order valence-electron chi connectivity index (χ2n) is 5.68. The Morgan fingerprint density at radius 3 is 2.35 bits per heavy atom. The van der Waals surface area contributed by atoms with Crippen LogP contribution in [0.1, 0.15) is 18.9 Å². The van der Waals surface area contributed by atoms with Gasteiger partial charge in [0.15, 0.2) is 17.6 Å². The van der Waals surface area contributed by atoms with E-state index in [-0.39, 0.29) is 12.3 Å². The third-order valence-electron chi connectivity index (χ3n) is 3.78. The van der Waals surface area contributed by atoms with E-state index in [0.29, 0.717) is 23.6 Å². The van der Waals surface area contributed by atoms with Crippen molar-refractivity contribution in [2.45, 2.75) is 25.9 Å². The Morgan fingerprint density at radius 1 is 1.00 bits per heavy atom. The molecule has 1 N–H and O–H groups in total. The Bertz CT molecular complexity index is 745. The van der Waals surface area contributed by atoms with Gasteiger partial charge in [0.1, 0.15) is 0 Å². The molecular weight excluding hydrogens is 334 g/mol. The molecule has 0 unspecified atom stereocenters. The molecule has 1 atom stereocenters. The van der Waals surface area contributed by atoms with Gasteiger partial charge in [-0.3, -0.25) is 9.59 Å². The molecule has 0 spiro atoms. The monoisotopic (exact) mass is 357 g/mol. The van der Waals surface area contributed by atoms with Crippen LogP contribution in [0.25, 0.3) is 0 Å². The van der Waals surface area contributed by atoms with Gasteiger partial charge in [0, 0.05) is 12.1 Å². The van der Waals surface area contributed by atoms with Gasteiger partial charge in [-0.25, -0.2) is 0 Å². The summed E-state index contributed by atoms with van der Waals surface area (Å²) >= 11 is 0. The van der Waals surface area contributed by atoms with Crippen LogP contribution in [0.5, 0.6) is 11.5 Å². The zero-order valence-corrected chi connectivity index (χ0v) is 15.2. The van der Waals surface area contributed by atoms with E-state index in [9.17, 15) is 9.59 Å². The number of nitrogens with one attached hydrogen (secondary N) is 1. The van der Waals surface area contributed by atoms with Crippen LogP contribution in [-0.4, -0.2) is 32.2 Å². The minimum absolute atomic E-state index is 0.165. The van der Waals surface area contributed by atoms with Crippen molar-refractivity contribution in [2.75, 3.05) is 19.5 Å². The van der Waals surface area contributed by atoms with E-state index < -0.39 is 12.1 Å². The zero-order valence-electron chi connectivity index (χ0n) is 15.2. The predicted octanol–water partition coefficient (Wildman–Crippen LogP) is 3.21. The van der Waals surface area contributed by atoms with Crippen LogP contribution in [-0.2, 0) is 20.7 Å². The fraction of sp³-hybridized carbons (Fsp3) is 0.300. The number of esters is 1. The van der Waals surface area contributed by atoms with Gasteiger partial charge in [-0.2, -0.15) is 0 Å². The summed E-state index contributed by atoms with van der Waals surface area (Å²) < 4.78 is 15.6. The van der Waals surface area contributed by atoms with Gasteiger partial charge in [0.2, 0.25) is 0 Å². The molecule has 0 saturated heterocycles. The molecule has 0 aliphatic carbocycles. The van der Waals surface area contributed by atoms with Gasteiger partial charge in [-0.05, 0) is 43.2 Å². The van der Waals surface area contributed by atoms with Gasteiger partial charge in [-0.1, -0.05) is 24.3 Å². The maximum Gasteiger partial charge on any atom is 0.306 e. The van der Waals surface area contributed by atoms with Crippen LogP contribution >= 0.6 is 0 Å². The van der Waals surface area contributed by atoms with Crippen molar-refractivity contribution in [1.82, 2.24) is 0 Å². The Morgan fingerprint density at radius 2 is 1.69 bits per heavy atom. The molecular formula is C20H23NO5. The van der Waals surface area contributed by atoms with Crippen molar-refractivity contribution in [3.05, 3.63) is 54.1 Å². The standard InChI is InChI=1S/C20H23NO5/c1-14(20(23)21-16-7-5-4-6-8-16)26-19(22)12-10-15-9-11-17(24-2)18(13-15)25-3/h4-9,11,13-14H,10,12H2,1-3H3,(H,21,23)/t14-/m1/s1. The summed E-state index contributed by atoms with van der Waals surface area (Å²) in [5.41, 5.74) is 1.58. The molecule has 6 heteroatoms. The zero-order chi connectivity index (χ0) is 18.9. The molecule has 0 saturated carbocycles. The van der Waals surface area contributed by atoms with Crippen molar-refractivity contribution < 1.29 is 23.8 Å². The number of para-hydroxylation sites is 1. The largest absolute Gasteiger partial charge is 0.493 e. The normalized spacial score (nSPS) is 11.3. The predicted molar refractivity (Wildman–Crippen MR) is 98.5 cm³/mol. The topological polar surface area (TPSA) is 73.9 Å². The highest BCUT2D eigenvalue weighted by atomic mass is 16.5. The minimum atomic E-state index is -0.867. The highest BCUT2D eigenvalue weighted by Crippen LogP contribution is 2.28. The Labute approximate surface area is 153 Å². The van der Waals surface area contributed by atoms with E-state index in [1.54, 1.807) is 39.3 Å². The molecule has 26 heavy (non-hydrogen) atoms. The lowest BCUT2D eigenvalue weighted by atomic mass is 10.1. The Balaban J connectivity index is 1.83. The SMILES string of the molecule is COc1ccc(CCC(=O)O[C@H](C)C(=O)Nc2ccccc2)cc1OC. The molecule has 0 aliphatic rings. The molecule has 0 aliphatic heterocycles. The van der Waals surface area contributed by atoms with Crippen LogP contribution < -0.4 is 14.8 Å². The van der Waals surface area contributed by atoms with Crippen LogP contribution in [0, 0.1) is 0 Å². The summed E-state index contributed by atoms with van der Waals surface area (Å²) in [5, 5.41) is 2.70. The van der Waals surface area contributed by atoms with E-state index in [2.05, 4.69) is 5.32 Å². The Kier molecular flexibility index (Phi) is 7.02. The van der Waals surface area contributed by atoms with E-state index in [1.807, 2.05) is 30.3 Å².